The molecule has 5 nitrogen and oxygen atoms in total. The standard InChI is InChI=1S/C13H18N4O/c1-16-6-7-17(10-12(16)5-8-18)13-4-2-3-11(9-14)15-13/h2-4,12,18H,5-8,10H2,1H3/t12-/m1/s1. The van der Waals surface area contributed by atoms with Gasteiger partial charge in [0.2, 0.25) is 0 Å². The molecule has 5 heteroatoms. The highest BCUT2D eigenvalue weighted by Gasteiger charge is 2.24. The highest BCUT2D eigenvalue weighted by molar-refractivity contribution is 5.42. The Hall–Kier alpha value is -1.64. The van der Waals surface area contributed by atoms with Crippen LogP contribution >= 0.6 is 0 Å². The zero-order valence-electron chi connectivity index (χ0n) is 10.6. The number of rotatable bonds is 3. The lowest BCUT2D eigenvalue weighted by Gasteiger charge is -2.39. The van der Waals surface area contributed by atoms with Crippen molar-refractivity contribution in [1.82, 2.24) is 9.88 Å². The summed E-state index contributed by atoms with van der Waals surface area (Å²) in [5, 5.41) is 17.9. The van der Waals surface area contributed by atoms with Gasteiger partial charge in [-0.25, -0.2) is 4.98 Å². The quantitative estimate of drug-likeness (QED) is 0.839. The topological polar surface area (TPSA) is 63.4 Å². The predicted octanol–water partition coefficient (Wildman–Crippen LogP) is 0.456. The molecule has 18 heavy (non-hydrogen) atoms. The van der Waals surface area contributed by atoms with E-state index in [1.54, 1.807) is 6.07 Å². The average molecular weight is 246 g/mol. The number of aliphatic hydroxyl groups excluding tert-OH is 1. The Labute approximate surface area is 107 Å². The summed E-state index contributed by atoms with van der Waals surface area (Å²) < 4.78 is 0. The third-order valence-electron chi connectivity index (χ3n) is 3.41. The average Bonchev–Trinajstić information content (AvgIpc) is 2.41. The Balaban J connectivity index is 2.11. The molecule has 0 aromatic carbocycles. The zero-order valence-corrected chi connectivity index (χ0v) is 10.6. The Bertz CT molecular complexity index is 443. The van der Waals surface area contributed by atoms with Gasteiger partial charge >= 0.3 is 0 Å². The summed E-state index contributed by atoms with van der Waals surface area (Å²) >= 11 is 0. The van der Waals surface area contributed by atoms with Gasteiger partial charge in [-0.15, -0.1) is 0 Å². The second kappa shape index (κ2) is 5.80. The van der Waals surface area contributed by atoms with Gasteiger partial charge in [0.05, 0.1) is 0 Å². The van der Waals surface area contributed by atoms with Gasteiger partial charge in [-0.05, 0) is 25.6 Å². The molecule has 2 rings (SSSR count). The van der Waals surface area contributed by atoms with Crippen LogP contribution in [-0.2, 0) is 0 Å². The van der Waals surface area contributed by atoms with Gasteiger partial charge in [0.25, 0.3) is 0 Å². The summed E-state index contributed by atoms with van der Waals surface area (Å²) in [4.78, 5) is 8.76. The fraction of sp³-hybridized carbons (Fsp3) is 0.538. The fourth-order valence-electron chi connectivity index (χ4n) is 2.28. The molecular formula is C13H18N4O. The van der Waals surface area contributed by atoms with Gasteiger partial charge in [-0.1, -0.05) is 6.07 Å². The molecule has 96 valence electrons. The maximum atomic E-state index is 9.07. The second-order valence-corrected chi connectivity index (χ2v) is 4.59. The van der Waals surface area contributed by atoms with Crippen molar-refractivity contribution >= 4 is 5.82 Å². The Morgan fingerprint density at radius 3 is 3.06 bits per heavy atom. The molecule has 1 aromatic heterocycles. The number of hydrogen-bond acceptors (Lipinski definition) is 5. The first-order valence-corrected chi connectivity index (χ1v) is 6.18. The molecule has 1 atom stereocenters. The van der Waals surface area contributed by atoms with Crippen LogP contribution < -0.4 is 4.90 Å². The molecule has 1 aliphatic rings. The van der Waals surface area contributed by atoms with Crippen LogP contribution in [0.1, 0.15) is 12.1 Å². The number of nitrogens with zero attached hydrogens (tertiary/aromatic N) is 4. The molecule has 0 unspecified atom stereocenters. The van der Waals surface area contributed by atoms with Gasteiger partial charge < -0.3 is 10.0 Å². The van der Waals surface area contributed by atoms with Crippen molar-refractivity contribution in [3.05, 3.63) is 23.9 Å². The molecule has 1 aromatic rings. The molecule has 0 saturated carbocycles. The molecule has 0 spiro atoms. The zero-order chi connectivity index (χ0) is 13.0. The highest BCUT2D eigenvalue weighted by Crippen LogP contribution is 2.17. The van der Waals surface area contributed by atoms with Crippen LogP contribution in [0.15, 0.2) is 18.2 Å². The third-order valence-corrected chi connectivity index (χ3v) is 3.41. The van der Waals surface area contributed by atoms with Gasteiger partial charge in [0.1, 0.15) is 17.6 Å². The molecule has 0 radical (unpaired) electrons. The number of likely N-dealkylation sites (N-methyl/N-ethyl adjacent to an activating group) is 1. The number of aliphatic hydroxyl groups is 1. The van der Waals surface area contributed by atoms with E-state index in [-0.39, 0.29) is 6.61 Å². The lowest BCUT2D eigenvalue weighted by molar-refractivity contribution is 0.170. The number of nitriles is 1. The van der Waals surface area contributed by atoms with Crippen molar-refractivity contribution in [2.75, 3.05) is 38.2 Å². The van der Waals surface area contributed by atoms with Gasteiger partial charge in [0, 0.05) is 32.3 Å². The predicted molar refractivity (Wildman–Crippen MR) is 69.3 cm³/mol. The summed E-state index contributed by atoms with van der Waals surface area (Å²) in [6, 6.07) is 7.91. The van der Waals surface area contributed by atoms with E-state index in [0.717, 1.165) is 31.9 Å². The first-order chi connectivity index (χ1) is 8.74. The van der Waals surface area contributed by atoms with Crippen molar-refractivity contribution < 1.29 is 5.11 Å². The van der Waals surface area contributed by atoms with Crippen molar-refractivity contribution in [2.24, 2.45) is 0 Å². The van der Waals surface area contributed by atoms with Crippen LogP contribution in [0.4, 0.5) is 5.82 Å². The second-order valence-electron chi connectivity index (χ2n) is 4.59. The number of anilines is 1. The van der Waals surface area contributed by atoms with Crippen LogP contribution in [0, 0.1) is 11.3 Å². The van der Waals surface area contributed by atoms with Crippen LogP contribution in [0.5, 0.6) is 0 Å². The largest absolute Gasteiger partial charge is 0.396 e. The van der Waals surface area contributed by atoms with Crippen LogP contribution in [0.2, 0.25) is 0 Å². The van der Waals surface area contributed by atoms with Gasteiger partial charge in [-0.2, -0.15) is 5.26 Å². The number of aromatic nitrogens is 1. The lowest BCUT2D eigenvalue weighted by Crippen LogP contribution is -2.52. The SMILES string of the molecule is CN1CCN(c2cccc(C#N)n2)C[C@H]1CCO. The summed E-state index contributed by atoms with van der Waals surface area (Å²) in [7, 11) is 2.08. The summed E-state index contributed by atoms with van der Waals surface area (Å²) in [5.41, 5.74) is 0.449. The molecule has 1 fully saturated rings. The maximum absolute atomic E-state index is 9.07. The molecule has 1 saturated heterocycles. The molecule has 1 aliphatic heterocycles. The molecule has 0 amide bonds. The van der Waals surface area contributed by atoms with Crippen molar-refractivity contribution in [3.63, 3.8) is 0 Å². The maximum Gasteiger partial charge on any atom is 0.142 e. The smallest absolute Gasteiger partial charge is 0.142 e. The Morgan fingerprint density at radius 2 is 2.33 bits per heavy atom. The van der Waals surface area contributed by atoms with E-state index in [2.05, 4.69) is 27.9 Å². The number of hydrogen-bond donors (Lipinski definition) is 1. The van der Waals surface area contributed by atoms with Crippen LogP contribution in [-0.4, -0.2) is 54.3 Å². The Morgan fingerprint density at radius 1 is 1.50 bits per heavy atom. The first kappa shape index (κ1) is 12.8. The molecule has 1 N–H and O–H groups in total. The summed E-state index contributed by atoms with van der Waals surface area (Å²) in [6.07, 6.45) is 0.769. The monoisotopic (exact) mass is 246 g/mol. The van der Waals surface area contributed by atoms with E-state index in [0.29, 0.717) is 11.7 Å². The van der Waals surface area contributed by atoms with Crippen LogP contribution in [0.25, 0.3) is 0 Å². The van der Waals surface area contributed by atoms with Crippen molar-refractivity contribution in [3.8, 4) is 6.07 Å². The summed E-state index contributed by atoms with van der Waals surface area (Å²) in [5.74, 6) is 0.852. The van der Waals surface area contributed by atoms with E-state index < -0.39 is 0 Å². The minimum Gasteiger partial charge on any atom is -0.396 e. The Kier molecular flexibility index (Phi) is 4.13. The number of piperazine rings is 1. The first-order valence-electron chi connectivity index (χ1n) is 6.18. The molecule has 2 heterocycles. The lowest BCUT2D eigenvalue weighted by atomic mass is 10.1. The molecular weight excluding hydrogens is 228 g/mol. The highest BCUT2D eigenvalue weighted by atomic mass is 16.3. The van der Waals surface area contributed by atoms with Gasteiger partial charge in [0.15, 0.2) is 0 Å². The normalized spacial score (nSPS) is 20.7. The van der Waals surface area contributed by atoms with E-state index in [1.165, 1.54) is 0 Å². The van der Waals surface area contributed by atoms with Crippen molar-refractivity contribution in [1.29, 1.82) is 5.26 Å². The molecule has 0 aliphatic carbocycles. The fourth-order valence-corrected chi connectivity index (χ4v) is 2.28. The van der Waals surface area contributed by atoms with E-state index in [4.69, 9.17) is 10.4 Å². The minimum atomic E-state index is 0.203. The van der Waals surface area contributed by atoms with E-state index in [9.17, 15) is 0 Å². The van der Waals surface area contributed by atoms with Crippen LogP contribution in [0.3, 0.4) is 0 Å². The number of pyridine rings is 1. The summed E-state index contributed by atoms with van der Waals surface area (Å²) in [6.45, 7) is 2.90. The van der Waals surface area contributed by atoms with E-state index in [1.807, 2.05) is 12.1 Å². The third kappa shape index (κ3) is 2.78. The van der Waals surface area contributed by atoms with Crippen molar-refractivity contribution in [2.45, 2.75) is 12.5 Å². The van der Waals surface area contributed by atoms with E-state index >= 15 is 0 Å². The molecule has 0 bridgehead atoms. The van der Waals surface area contributed by atoms with Gasteiger partial charge in [-0.3, -0.25) is 4.90 Å². The minimum absolute atomic E-state index is 0.203.